The molecule has 0 atom stereocenters. The Morgan fingerprint density at radius 2 is 2.00 bits per heavy atom. The van der Waals surface area contributed by atoms with Gasteiger partial charge < -0.3 is 19.9 Å². The maximum Gasteiger partial charge on any atom is 0.336 e. The number of hydrogen-bond donors (Lipinski definition) is 2. The van der Waals surface area contributed by atoms with Gasteiger partial charge in [0.1, 0.15) is 18.0 Å². The van der Waals surface area contributed by atoms with E-state index in [4.69, 9.17) is 9.47 Å². The molecule has 2 N–H and O–H groups in total. The van der Waals surface area contributed by atoms with Crippen LogP contribution < -0.4 is 14.8 Å². The molecule has 0 bridgehead atoms. The third-order valence-electron chi connectivity index (χ3n) is 5.35. The first-order valence-corrected chi connectivity index (χ1v) is 11.2. The summed E-state index contributed by atoms with van der Waals surface area (Å²) in [5, 5.41) is 16.1. The van der Waals surface area contributed by atoms with E-state index in [9.17, 15) is 9.90 Å². The van der Waals surface area contributed by atoms with Gasteiger partial charge in [-0.2, -0.15) is 0 Å². The van der Waals surface area contributed by atoms with Gasteiger partial charge in [0.15, 0.2) is 17.3 Å². The number of rotatable bonds is 6. The fourth-order valence-electron chi connectivity index (χ4n) is 3.83. The van der Waals surface area contributed by atoms with Gasteiger partial charge in [0.2, 0.25) is 0 Å². The molecule has 0 amide bonds. The molecule has 0 radical (unpaired) electrons. The number of benzene rings is 2. The van der Waals surface area contributed by atoms with Crippen LogP contribution in [0.25, 0.3) is 21.6 Å². The fraction of sp³-hybridized carbons (Fsp3) is 0.208. The van der Waals surface area contributed by atoms with Crippen molar-refractivity contribution in [3.8, 4) is 22.9 Å². The molecule has 162 valence electrons. The van der Waals surface area contributed by atoms with E-state index in [0.717, 1.165) is 39.4 Å². The number of carboxylic acids is 1. The number of aryl methyl sites for hydroxylation is 1. The monoisotopic (exact) mass is 447 g/mol. The summed E-state index contributed by atoms with van der Waals surface area (Å²) in [6.07, 6.45) is 2.51. The van der Waals surface area contributed by atoms with E-state index in [2.05, 4.69) is 15.3 Å². The standard InChI is InChI=1S/C24H21N3O4S/c1-14-10-17(25-6-4-15-2-3-19-20(11-15)31-8-7-30-19)12-18(21(14)24(28)29)22-26-13-16-5-9-32-23(16)27-22/h2-3,5,9-13,25H,4,6-8H2,1H3,(H,28,29). The molecule has 32 heavy (non-hydrogen) atoms. The zero-order chi connectivity index (χ0) is 22.1. The van der Waals surface area contributed by atoms with E-state index >= 15 is 0 Å². The highest BCUT2D eigenvalue weighted by Crippen LogP contribution is 2.32. The summed E-state index contributed by atoms with van der Waals surface area (Å²) in [6.45, 7) is 3.61. The van der Waals surface area contributed by atoms with E-state index < -0.39 is 5.97 Å². The Hall–Kier alpha value is -3.65. The summed E-state index contributed by atoms with van der Waals surface area (Å²) in [5.41, 5.74) is 3.35. The van der Waals surface area contributed by atoms with Gasteiger partial charge in [-0.3, -0.25) is 0 Å². The van der Waals surface area contributed by atoms with Crippen LogP contribution >= 0.6 is 11.3 Å². The maximum absolute atomic E-state index is 12.0. The minimum Gasteiger partial charge on any atom is -0.486 e. The molecule has 0 saturated heterocycles. The predicted molar refractivity (Wildman–Crippen MR) is 124 cm³/mol. The molecule has 0 aliphatic carbocycles. The third-order valence-corrected chi connectivity index (χ3v) is 6.17. The number of hydrogen-bond acceptors (Lipinski definition) is 7. The van der Waals surface area contributed by atoms with Crippen molar-refractivity contribution >= 4 is 33.2 Å². The first kappa shape index (κ1) is 20.3. The normalized spacial score (nSPS) is 12.7. The van der Waals surface area contributed by atoms with Crippen molar-refractivity contribution in [2.24, 2.45) is 0 Å². The van der Waals surface area contributed by atoms with Crippen molar-refractivity contribution in [1.29, 1.82) is 0 Å². The van der Waals surface area contributed by atoms with Gasteiger partial charge in [-0.15, -0.1) is 11.3 Å². The first-order chi connectivity index (χ1) is 15.6. The average molecular weight is 448 g/mol. The van der Waals surface area contributed by atoms with Crippen molar-refractivity contribution in [1.82, 2.24) is 9.97 Å². The van der Waals surface area contributed by atoms with E-state index in [1.165, 1.54) is 11.3 Å². The second-order valence-corrected chi connectivity index (χ2v) is 8.44. The number of fused-ring (bicyclic) bond motifs is 2. The number of nitrogens with zero attached hydrogens (tertiary/aromatic N) is 2. The highest BCUT2D eigenvalue weighted by atomic mass is 32.1. The van der Waals surface area contributed by atoms with Gasteiger partial charge in [0, 0.05) is 29.4 Å². The van der Waals surface area contributed by atoms with Gasteiger partial charge in [-0.25, -0.2) is 14.8 Å². The Kier molecular flexibility index (Phi) is 5.36. The zero-order valence-corrected chi connectivity index (χ0v) is 18.2. The molecule has 4 aromatic rings. The number of carbonyl (C=O) groups is 1. The Morgan fingerprint density at radius 1 is 1.16 bits per heavy atom. The lowest BCUT2D eigenvalue weighted by atomic mass is 10.00. The van der Waals surface area contributed by atoms with Crippen LogP contribution in [-0.2, 0) is 6.42 Å². The van der Waals surface area contributed by atoms with E-state index in [0.29, 0.717) is 36.7 Å². The van der Waals surface area contributed by atoms with Gasteiger partial charge in [0.05, 0.1) is 5.56 Å². The van der Waals surface area contributed by atoms with Crippen molar-refractivity contribution < 1.29 is 19.4 Å². The summed E-state index contributed by atoms with van der Waals surface area (Å²) in [7, 11) is 0. The summed E-state index contributed by atoms with van der Waals surface area (Å²) < 4.78 is 11.2. The molecular weight excluding hydrogens is 426 g/mol. The smallest absolute Gasteiger partial charge is 0.336 e. The van der Waals surface area contributed by atoms with Crippen LogP contribution in [0.4, 0.5) is 5.69 Å². The fourth-order valence-corrected chi connectivity index (χ4v) is 4.57. The van der Waals surface area contributed by atoms with E-state index in [-0.39, 0.29) is 5.56 Å². The van der Waals surface area contributed by atoms with Crippen molar-refractivity contribution in [3.05, 3.63) is 64.7 Å². The Morgan fingerprint density at radius 3 is 2.84 bits per heavy atom. The maximum atomic E-state index is 12.0. The molecule has 7 nitrogen and oxygen atoms in total. The molecule has 0 fully saturated rings. The lowest BCUT2D eigenvalue weighted by molar-refractivity contribution is 0.0697. The van der Waals surface area contributed by atoms with Gasteiger partial charge >= 0.3 is 5.97 Å². The van der Waals surface area contributed by atoms with Crippen LogP contribution in [0.15, 0.2) is 48.0 Å². The Labute approximate surface area is 188 Å². The second-order valence-electron chi connectivity index (χ2n) is 7.55. The van der Waals surface area contributed by atoms with Crippen LogP contribution in [0.5, 0.6) is 11.5 Å². The molecule has 2 aromatic carbocycles. The minimum absolute atomic E-state index is 0.221. The Bertz CT molecular complexity index is 1320. The molecule has 0 unspecified atom stereocenters. The number of thiophene rings is 1. The van der Waals surface area contributed by atoms with Gasteiger partial charge in [0.25, 0.3) is 0 Å². The van der Waals surface area contributed by atoms with Crippen LogP contribution in [0.3, 0.4) is 0 Å². The molecule has 1 aliphatic heterocycles. The molecule has 8 heteroatoms. The number of nitrogens with one attached hydrogen (secondary N) is 1. The Balaban J connectivity index is 1.39. The van der Waals surface area contributed by atoms with Gasteiger partial charge in [-0.05, 0) is 60.2 Å². The summed E-state index contributed by atoms with van der Waals surface area (Å²) >= 11 is 1.51. The van der Waals surface area contributed by atoms with E-state index in [1.54, 1.807) is 13.1 Å². The number of aromatic carboxylic acids is 1. The van der Waals surface area contributed by atoms with Crippen LogP contribution in [0.1, 0.15) is 21.5 Å². The number of aromatic nitrogens is 2. The molecule has 0 spiro atoms. The van der Waals surface area contributed by atoms with Crippen LogP contribution in [0.2, 0.25) is 0 Å². The predicted octanol–water partition coefficient (Wildman–Crippen LogP) is 4.79. The van der Waals surface area contributed by atoms with Crippen molar-refractivity contribution in [2.45, 2.75) is 13.3 Å². The number of carboxylic acid groups (broad SMARTS) is 1. The van der Waals surface area contributed by atoms with E-state index in [1.807, 2.05) is 41.8 Å². The average Bonchev–Trinajstić information content (AvgIpc) is 3.26. The molecule has 2 aromatic heterocycles. The molecule has 1 aliphatic rings. The summed E-state index contributed by atoms with van der Waals surface area (Å²) in [4.78, 5) is 21.8. The molecule has 3 heterocycles. The largest absolute Gasteiger partial charge is 0.486 e. The topological polar surface area (TPSA) is 93.6 Å². The summed E-state index contributed by atoms with van der Waals surface area (Å²) in [6, 6.07) is 11.6. The first-order valence-electron chi connectivity index (χ1n) is 10.3. The highest BCUT2D eigenvalue weighted by molar-refractivity contribution is 7.16. The number of anilines is 1. The zero-order valence-electron chi connectivity index (χ0n) is 17.4. The molecule has 0 saturated carbocycles. The molecular formula is C24H21N3O4S. The van der Waals surface area contributed by atoms with Crippen LogP contribution in [-0.4, -0.2) is 40.8 Å². The highest BCUT2D eigenvalue weighted by Gasteiger charge is 2.19. The third kappa shape index (κ3) is 3.97. The minimum atomic E-state index is -0.991. The van der Waals surface area contributed by atoms with Crippen LogP contribution in [0, 0.1) is 6.92 Å². The lowest BCUT2D eigenvalue weighted by Gasteiger charge is -2.19. The number of ether oxygens (including phenoxy) is 2. The summed E-state index contributed by atoms with van der Waals surface area (Å²) in [5.74, 6) is 0.977. The second kappa shape index (κ2) is 8.47. The SMILES string of the molecule is Cc1cc(NCCc2ccc3c(c2)OCCO3)cc(-c2ncc3ccsc3n2)c1C(=O)O. The van der Waals surface area contributed by atoms with Crippen molar-refractivity contribution in [2.75, 3.05) is 25.1 Å². The van der Waals surface area contributed by atoms with Gasteiger partial charge in [-0.1, -0.05) is 6.07 Å². The lowest BCUT2D eigenvalue weighted by Crippen LogP contribution is -2.15. The van der Waals surface area contributed by atoms with Crippen molar-refractivity contribution in [3.63, 3.8) is 0 Å². The molecule has 5 rings (SSSR count). The quantitative estimate of drug-likeness (QED) is 0.439.